The van der Waals surface area contributed by atoms with Gasteiger partial charge in [0.1, 0.15) is 0 Å². The maximum Gasteiger partial charge on any atom is 0.315 e. The number of carbonyl (C=O) groups excluding carboxylic acids is 1. The highest BCUT2D eigenvalue weighted by molar-refractivity contribution is 5.75. The second-order valence-corrected chi connectivity index (χ2v) is 6.91. The van der Waals surface area contributed by atoms with Crippen molar-refractivity contribution in [1.82, 2.24) is 10.6 Å². The third-order valence-corrected chi connectivity index (χ3v) is 4.64. The van der Waals surface area contributed by atoms with Crippen molar-refractivity contribution < 1.29 is 19.6 Å². The van der Waals surface area contributed by atoms with Crippen LogP contribution in [0.1, 0.15) is 45.1 Å². The summed E-state index contributed by atoms with van der Waals surface area (Å²) in [7, 11) is 0. The summed E-state index contributed by atoms with van der Waals surface area (Å²) in [6.07, 6.45) is 2.41. The predicted octanol–water partition coefficient (Wildman–Crippen LogP) is 2.77. The minimum absolute atomic E-state index is 0.000748. The van der Waals surface area contributed by atoms with Crippen LogP contribution in [0, 0.1) is 16.0 Å². The average Bonchev–Trinajstić information content (AvgIpc) is 2.54. The van der Waals surface area contributed by atoms with E-state index in [9.17, 15) is 19.7 Å². The summed E-state index contributed by atoms with van der Waals surface area (Å²) < 4.78 is 0. The average molecular weight is 349 g/mol. The molecule has 0 atom stereocenters. The maximum atomic E-state index is 12.2. The first kappa shape index (κ1) is 18.7. The zero-order chi connectivity index (χ0) is 18.6. The van der Waals surface area contributed by atoms with Crippen molar-refractivity contribution in [2.45, 2.75) is 51.1 Å². The van der Waals surface area contributed by atoms with E-state index in [1.807, 2.05) is 13.8 Å². The molecule has 136 valence electrons. The van der Waals surface area contributed by atoms with E-state index in [0.717, 1.165) is 5.56 Å². The van der Waals surface area contributed by atoms with Crippen LogP contribution in [0.25, 0.3) is 0 Å². The molecule has 1 aromatic rings. The zero-order valence-electron chi connectivity index (χ0n) is 14.3. The number of carboxylic acid groups (broad SMARTS) is 1. The quantitative estimate of drug-likeness (QED) is 0.557. The van der Waals surface area contributed by atoms with Crippen molar-refractivity contribution in [3.05, 3.63) is 39.9 Å². The summed E-state index contributed by atoms with van der Waals surface area (Å²) >= 11 is 0. The Balaban J connectivity index is 1.90. The summed E-state index contributed by atoms with van der Waals surface area (Å²) in [5, 5.41) is 25.5. The number of hydrogen-bond donors (Lipinski definition) is 3. The largest absolute Gasteiger partial charge is 0.481 e. The van der Waals surface area contributed by atoms with E-state index >= 15 is 0 Å². The standard InChI is InChI=1S/C17H23N3O5/c1-17(2,12-5-9-14(10-6-12)20(24)25)19-16(23)18-13-7-3-11(4-8-13)15(21)22/h5-6,9-11,13H,3-4,7-8H2,1-2H3,(H,21,22)(H2,18,19,23). The molecule has 0 heterocycles. The number of carboxylic acids is 1. The number of non-ortho nitro benzene ring substituents is 1. The third kappa shape index (κ3) is 4.91. The minimum Gasteiger partial charge on any atom is -0.481 e. The molecule has 0 aromatic heterocycles. The summed E-state index contributed by atoms with van der Waals surface area (Å²) in [6, 6.07) is 5.69. The monoisotopic (exact) mass is 349 g/mol. The molecule has 1 aromatic carbocycles. The Morgan fingerprint density at radius 1 is 1.16 bits per heavy atom. The Labute approximate surface area is 145 Å². The van der Waals surface area contributed by atoms with Crippen molar-refractivity contribution in [1.29, 1.82) is 0 Å². The summed E-state index contributed by atoms with van der Waals surface area (Å²) in [4.78, 5) is 33.4. The first-order valence-electron chi connectivity index (χ1n) is 8.25. The fourth-order valence-corrected chi connectivity index (χ4v) is 3.06. The fraction of sp³-hybridized carbons (Fsp3) is 0.529. The van der Waals surface area contributed by atoms with Crippen molar-refractivity contribution in [3.63, 3.8) is 0 Å². The van der Waals surface area contributed by atoms with Gasteiger partial charge in [0.2, 0.25) is 0 Å². The van der Waals surface area contributed by atoms with Crippen molar-refractivity contribution in [3.8, 4) is 0 Å². The van der Waals surface area contributed by atoms with Gasteiger partial charge in [0.05, 0.1) is 16.4 Å². The fourth-order valence-electron chi connectivity index (χ4n) is 3.06. The second-order valence-electron chi connectivity index (χ2n) is 6.91. The molecular weight excluding hydrogens is 326 g/mol. The van der Waals surface area contributed by atoms with Gasteiger partial charge >= 0.3 is 12.0 Å². The molecule has 0 bridgehead atoms. The number of nitro groups is 1. The van der Waals surface area contributed by atoms with Gasteiger partial charge in [-0.25, -0.2) is 4.79 Å². The van der Waals surface area contributed by atoms with Gasteiger partial charge in [-0.05, 0) is 57.2 Å². The predicted molar refractivity (Wildman–Crippen MR) is 91.2 cm³/mol. The lowest BCUT2D eigenvalue weighted by molar-refractivity contribution is -0.384. The molecule has 0 aliphatic heterocycles. The number of benzene rings is 1. The number of nitrogens with zero attached hydrogens (tertiary/aromatic N) is 1. The van der Waals surface area contributed by atoms with E-state index < -0.39 is 16.4 Å². The third-order valence-electron chi connectivity index (χ3n) is 4.64. The molecule has 1 saturated carbocycles. The molecule has 1 aliphatic carbocycles. The number of urea groups is 1. The van der Waals surface area contributed by atoms with Crippen molar-refractivity contribution >= 4 is 17.7 Å². The molecule has 0 spiro atoms. The Hall–Kier alpha value is -2.64. The van der Waals surface area contributed by atoms with Gasteiger partial charge < -0.3 is 15.7 Å². The lowest BCUT2D eigenvalue weighted by Crippen LogP contribution is -2.50. The van der Waals surface area contributed by atoms with Crippen LogP contribution in [0.15, 0.2) is 24.3 Å². The molecule has 8 heteroatoms. The van der Waals surface area contributed by atoms with Crippen LogP contribution < -0.4 is 10.6 Å². The molecule has 3 N–H and O–H groups in total. The SMILES string of the molecule is CC(C)(NC(=O)NC1CCC(C(=O)O)CC1)c1ccc([N+](=O)[O-])cc1. The molecule has 2 amide bonds. The first-order chi connectivity index (χ1) is 11.7. The highest BCUT2D eigenvalue weighted by Gasteiger charge is 2.28. The zero-order valence-corrected chi connectivity index (χ0v) is 14.3. The van der Waals surface area contributed by atoms with Crippen LogP contribution in [0.2, 0.25) is 0 Å². The number of aliphatic carboxylic acids is 1. The maximum absolute atomic E-state index is 12.2. The van der Waals surface area contributed by atoms with E-state index in [0.29, 0.717) is 25.7 Å². The molecular formula is C17H23N3O5. The normalized spacial score (nSPS) is 20.6. The highest BCUT2D eigenvalue weighted by Crippen LogP contribution is 2.25. The lowest BCUT2D eigenvalue weighted by atomic mass is 9.86. The van der Waals surface area contributed by atoms with Crippen LogP contribution in [0.4, 0.5) is 10.5 Å². The Morgan fingerprint density at radius 3 is 2.20 bits per heavy atom. The number of hydrogen-bond acceptors (Lipinski definition) is 4. The number of rotatable bonds is 5. The van der Waals surface area contributed by atoms with Gasteiger partial charge in [-0.15, -0.1) is 0 Å². The summed E-state index contributed by atoms with van der Waals surface area (Å²) in [5.74, 6) is -1.10. The molecule has 0 radical (unpaired) electrons. The number of carbonyl (C=O) groups is 2. The molecule has 0 saturated heterocycles. The summed E-state index contributed by atoms with van der Waals surface area (Å²) in [6.45, 7) is 3.63. The first-order valence-corrected chi connectivity index (χ1v) is 8.25. The van der Waals surface area contributed by atoms with Crippen molar-refractivity contribution in [2.75, 3.05) is 0 Å². The van der Waals surface area contributed by atoms with Crippen LogP contribution in [0.3, 0.4) is 0 Å². The van der Waals surface area contributed by atoms with E-state index in [-0.39, 0.29) is 23.7 Å². The minimum atomic E-state index is -0.776. The Bertz CT molecular complexity index is 649. The molecule has 8 nitrogen and oxygen atoms in total. The van der Waals surface area contributed by atoms with Gasteiger partial charge in [-0.1, -0.05) is 0 Å². The smallest absolute Gasteiger partial charge is 0.315 e. The second kappa shape index (κ2) is 7.50. The van der Waals surface area contributed by atoms with E-state index in [2.05, 4.69) is 10.6 Å². The number of amides is 2. The van der Waals surface area contributed by atoms with Crippen molar-refractivity contribution in [2.24, 2.45) is 5.92 Å². The van der Waals surface area contributed by atoms with Gasteiger partial charge in [0, 0.05) is 18.2 Å². The lowest BCUT2D eigenvalue weighted by Gasteiger charge is -2.30. The van der Waals surface area contributed by atoms with Crippen LogP contribution >= 0.6 is 0 Å². The van der Waals surface area contributed by atoms with Gasteiger partial charge in [-0.2, -0.15) is 0 Å². The Kier molecular flexibility index (Phi) is 5.61. The molecule has 1 aliphatic rings. The molecule has 1 fully saturated rings. The van der Waals surface area contributed by atoms with Crippen LogP contribution in [-0.2, 0) is 10.3 Å². The van der Waals surface area contributed by atoms with Gasteiger partial charge in [-0.3, -0.25) is 14.9 Å². The summed E-state index contributed by atoms with van der Waals surface area (Å²) in [5.41, 5.74) is 0.0549. The van der Waals surface area contributed by atoms with E-state index in [1.165, 1.54) is 12.1 Å². The topological polar surface area (TPSA) is 122 Å². The Morgan fingerprint density at radius 2 is 1.72 bits per heavy atom. The molecule has 2 rings (SSSR count). The van der Waals surface area contributed by atoms with Gasteiger partial charge in [0.25, 0.3) is 5.69 Å². The van der Waals surface area contributed by atoms with Crippen LogP contribution in [-0.4, -0.2) is 28.1 Å². The van der Waals surface area contributed by atoms with Gasteiger partial charge in [0.15, 0.2) is 0 Å². The molecule has 25 heavy (non-hydrogen) atoms. The van der Waals surface area contributed by atoms with E-state index in [1.54, 1.807) is 12.1 Å². The number of nitrogens with one attached hydrogen (secondary N) is 2. The van der Waals surface area contributed by atoms with E-state index in [4.69, 9.17) is 5.11 Å². The molecule has 0 unspecified atom stereocenters. The van der Waals surface area contributed by atoms with Crippen LogP contribution in [0.5, 0.6) is 0 Å². The number of nitro benzene ring substituents is 1. The highest BCUT2D eigenvalue weighted by atomic mass is 16.6.